The zero-order valence-electron chi connectivity index (χ0n) is 15.4. The van der Waals surface area contributed by atoms with E-state index >= 15 is 0 Å². The Labute approximate surface area is 177 Å². The Hall–Kier alpha value is -3.15. The molecule has 0 saturated heterocycles. The number of amides is 1. The molecule has 4 rings (SSSR count). The van der Waals surface area contributed by atoms with Crippen LogP contribution in [0.4, 0.5) is 5.69 Å². The predicted molar refractivity (Wildman–Crippen MR) is 116 cm³/mol. The van der Waals surface area contributed by atoms with Crippen LogP contribution in [0, 0.1) is 6.92 Å². The van der Waals surface area contributed by atoms with Crippen molar-refractivity contribution in [1.29, 1.82) is 0 Å². The van der Waals surface area contributed by atoms with Gasteiger partial charge in [0.1, 0.15) is 0 Å². The Kier molecular flexibility index (Phi) is 5.34. The molecule has 0 unspecified atom stereocenters. The Morgan fingerprint density at radius 1 is 0.931 bits per heavy atom. The van der Waals surface area contributed by atoms with Crippen LogP contribution in [0.1, 0.15) is 16.2 Å². The van der Waals surface area contributed by atoms with Crippen molar-refractivity contribution >= 4 is 34.8 Å². The minimum absolute atomic E-state index is 0.0539. The van der Waals surface area contributed by atoms with Crippen LogP contribution in [-0.2, 0) is 0 Å². The number of hydrogen-bond donors (Lipinski definition) is 1. The van der Waals surface area contributed by atoms with E-state index in [-0.39, 0.29) is 5.82 Å². The van der Waals surface area contributed by atoms with Crippen LogP contribution in [0.15, 0.2) is 72.8 Å². The van der Waals surface area contributed by atoms with E-state index < -0.39 is 5.91 Å². The second-order valence-electron chi connectivity index (χ2n) is 6.43. The molecule has 1 N–H and O–H groups in total. The van der Waals surface area contributed by atoms with Gasteiger partial charge >= 0.3 is 0 Å². The molecule has 0 aliphatic heterocycles. The first-order valence-electron chi connectivity index (χ1n) is 8.87. The number of aromatic nitrogens is 3. The van der Waals surface area contributed by atoms with Gasteiger partial charge in [0.25, 0.3) is 5.91 Å². The van der Waals surface area contributed by atoms with Crippen molar-refractivity contribution in [3.8, 4) is 17.1 Å². The zero-order valence-corrected chi connectivity index (χ0v) is 16.9. The largest absolute Gasteiger partial charge is 0.319 e. The van der Waals surface area contributed by atoms with E-state index in [0.29, 0.717) is 21.6 Å². The lowest BCUT2D eigenvalue weighted by Crippen LogP contribution is -2.15. The average Bonchev–Trinajstić information content (AvgIpc) is 3.17. The molecule has 0 radical (unpaired) electrons. The third-order valence-electron chi connectivity index (χ3n) is 4.36. The van der Waals surface area contributed by atoms with Crippen molar-refractivity contribution < 1.29 is 4.79 Å². The van der Waals surface area contributed by atoms with E-state index in [2.05, 4.69) is 15.4 Å². The monoisotopic (exact) mass is 422 g/mol. The first-order valence-corrected chi connectivity index (χ1v) is 9.63. The van der Waals surface area contributed by atoms with E-state index in [1.807, 2.05) is 55.5 Å². The maximum absolute atomic E-state index is 12.8. The second-order valence-corrected chi connectivity index (χ2v) is 7.30. The summed E-state index contributed by atoms with van der Waals surface area (Å²) in [6.07, 6.45) is 0. The lowest BCUT2D eigenvalue weighted by Gasteiger charge is -2.07. The number of aryl methyl sites for hydroxylation is 1. The second kappa shape index (κ2) is 8.07. The molecule has 4 aromatic rings. The van der Waals surface area contributed by atoms with Gasteiger partial charge in [0, 0.05) is 21.3 Å². The maximum Gasteiger partial charge on any atom is 0.295 e. The Morgan fingerprint density at radius 3 is 2.34 bits per heavy atom. The molecule has 0 aliphatic carbocycles. The molecule has 144 valence electrons. The van der Waals surface area contributed by atoms with Crippen LogP contribution in [0.3, 0.4) is 0 Å². The molecule has 5 nitrogen and oxygen atoms in total. The van der Waals surface area contributed by atoms with E-state index in [9.17, 15) is 4.79 Å². The number of anilines is 1. The molecule has 1 aromatic heterocycles. The zero-order chi connectivity index (χ0) is 20.4. The molecule has 29 heavy (non-hydrogen) atoms. The predicted octanol–water partition coefficient (Wildman–Crippen LogP) is 5.80. The molecule has 1 heterocycles. The summed E-state index contributed by atoms with van der Waals surface area (Å²) in [4.78, 5) is 17.3. The van der Waals surface area contributed by atoms with E-state index in [1.165, 1.54) is 0 Å². The smallest absolute Gasteiger partial charge is 0.295 e. The van der Waals surface area contributed by atoms with Crippen molar-refractivity contribution in [2.24, 2.45) is 0 Å². The van der Waals surface area contributed by atoms with Gasteiger partial charge in [-0.3, -0.25) is 4.79 Å². The van der Waals surface area contributed by atoms with E-state index in [1.54, 1.807) is 28.9 Å². The molecule has 0 aliphatic rings. The van der Waals surface area contributed by atoms with Gasteiger partial charge in [-0.1, -0.05) is 59.6 Å². The summed E-state index contributed by atoms with van der Waals surface area (Å²) in [7, 11) is 0. The summed E-state index contributed by atoms with van der Waals surface area (Å²) in [6.45, 7) is 1.89. The number of carbonyl (C=O) groups is 1. The number of halogens is 2. The van der Waals surface area contributed by atoms with E-state index in [4.69, 9.17) is 23.2 Å². The van der Waals surface area contributed by atoms with Gasteiger partial charge in [-0.25, -0.2) is 9.67 Å². The first-order chi connectivity index (χ1) is 14.0. The van der Waals surface area contributed by atoms with Crippen molar-refractivity contribution in [2.75, 3.05) is 5.32 Å². The number of nitrogens with zero attached hydrogens (tertiary/aromatic N) is 3. The van der Waals surface area contributed by atoms with Crippen LogP contribution < -0.4 is 5.32 Å². The lowest BCUT2D eigenvalue weighted by atomic mass is 10.2. The minimum atomic E-state index is -0.416. The van der Waals surface area contributed by atoms with Gasteiger partial charge in [0.2, 0.25) is 5.82 Å². The van der Waals surface area contributed by atoms with Crippen LogP contribution >= 0.6 is 23.2 Å². The fraction of sp³-hybridized carbons (Fsp3) is 0.0455. The topological polar surface area (TPSA) is 59.8 Å². The molecule has 0 atom stereocenters. The molecule has 0 spiro atoms. The Balaban J connectivity index is 1.75. The average molecular weight is 423 g/mol. The highest BCUT2D eigenvalue weighted by molar-refractivity contribution is 6.31. The summed E-state index contributed by atoms with van der Waals surface area (Å²) in [5, 5.41) is 8.44. The maximum atomic E-state index is 12.8. The molecule has 1 amide bonds. The normalized spacial score (nSPS) is 10.7. The molecule has 0 saturated carbocycles. The van der Waals surface area contributed by atoms with Crippen molar-refractivity contribution in [2.45, 2.75) is 6.92 Å². The minimum Gasteiger partial charge on any atom is -0.319 e. The highest BCUT2D eigenvalue weighted by Crippen LogP contribution is 2.24. The quantitative estimate of drug-likeness (QED) is 0.451. The third-order valence-corrected chi connectivity index (χ3v) is 4.85. The summed E-state index contributed by atoms with van der Waals surface area (Å²) in [5.41, 5.74) is 3.10. The van der Waals surface area contributed by atoms with Gasteiger partial charge in [0.15, 0.2) is 5.82 Å². The molecule has 0 bridgehead atoms. The van der Waals surface area contributed by atoms with Gasteiger partial charge in [0.05, 0.1) is 5.69 Å². The first kappa shape index (κ1) is 19.2. The number of benzene rings is 3. The summed E-state index contributed by atoms with van der Waals surface area (Å²) in [6, 6.07) is 22.1. The van der Waals surface area contributed by atoms with Gasteiger partial charge in [-0.05, 0) is 48.9 Å². The summed E-state index contributed by atoms with van der Waals surface area (Å²) in [5.74, 6) is 0.194. The molecular weight excluding hydrogens is 407 g/mol. The van der Waals surface area contributed by atoms with Crippen LogP contribution in [0.25, 0.3) is 17.1 Å². The van der Waals surface area contributed by atoms with Crippen molar-refractivity contribution in [3.05, 3.63) is 94.2 Å². The third kappa shape index (κ3) is 4.16. The highest BCUT2D eigenvalue weighted by Gasteiger charge is 2.19. The molecule has 3 aromatic carbocycles. The van der Waals surface area contributed by atoms with Gasteiger partial charge in [-0.15, -0.1) is 5.10 Å². The van der Waals surface area contributed by atoms with Gasteiger partial charge in [-0.2, -0.15) is 0 Å². The standard InChI is InChI=1S/C22H16Cl2N4O/c1-14-7-8-17(24)13-19(14)25-22(29)20-26-21(15-5-3-2-4-6-15)28(27-20)18-11-9-16(23)10-12-18/h2-13H,1H3,(H,25,29). The number of nitrogens with one attached hydrogen (secondary N) is 1. The fourth-order valence-corrected chi connectivity index (χ4v) is 3.15. The summed E-state index contributed by atoms with van der Waals surface area (Å²) < 4.78 is 1.63. The van der Waals surface area contributed by atoms with Gasteiger partial charge < -0.3 is 5.32 Å². The van der Waals surface area contributed by atoms with Crippen LogP contribution in [0.5, 0.6) is 0 Å². The number of rotatable bonds is 4. The van der Waals surface area contributed by atoms with Crippen LogP contribution in [-0.4, -0.2) is 20.7 Å². The Morgan fingerprint density at radius 2 is 1.62 bits per heavy atom. The number of hydrogen-bond acceptors (Lipinski definition) is 3. The highest BCUT2D eigenvalue weighted by atomic mass is 35.5. The SMILES string of the molecule is Cc1ccc(Cl)cc1NC(=O)c1nc(-c2ccccc2)n(-c2ccc(Cl)cc2)n1. The lowest BCUT2D eigenvalue weighted by molar-refractivity contribution is 0.101. The molecule has 0 fully saturated rings. The molecule has 7 heteroatoms. The van der Waals surface area contributed by atoms with E-state index in [0.717, 1.165) is 16.8 Å². The number of carbonyl (C=O) groups excluding carboxylic acids is 1. The Bertz CT molecular complexity index is 1170. The fourth-order valence-electron chi connectivity index (χ4n) is 2.85. The van der Waals surface area contributed by atoms with Crippen molar-refractivity contribution in [3.63, 3.8) is 0 Å². The van der Waals surface area contributed by atoms with Crippen LogP contribution in [0.2, 0.25) is 10.0 Å². The molecular formula is C22H16Cl2N4O. The van der Waals surface area contributed by atoms with Crippen molar-refractivity contribution in [1.82, 2.24) is 14.8 Å². The summed E-state index contributed by atoms with van der Waals surface area (Å²) >= 11 is 12.1.